The number of imide groups is 1. The van der Waals surface area contributed by atoms with Crippen LogP contribution in [0.15, 0.2) is 54.6 Å². The Balaban J connectivity index is 1.78. The van der Waals surface area contributed by atoms with Crippen LogP contribution in [0.1, 0.15) is 12.8 Å². The number of rotatable bonds is 3. The monoisotopic (exact) mass is 280 g/mol. The van der Waals surface area contributed by atoms with Crippen LogP contribution in [0.2, 0.25) is 0 Å². The second-order valence-corrected chi connectivity index (χ2v) is 5.09. The summed E-state index contributed by atoms with van der Waals surface area (Å²) in [6, 6.07) is 17.6. The van der Waals surface area contributed by atoms with Crippen LogP contribution in [-0.2, 0) is 9.59 Å². The van der Waals surface area contributed by atoms with E-state index in [1.54, 1.807) is 0 Å². The largest absolute Gasteiger partial charge is 0.374 e. The molecule has 4 nitrogen and oxygen atoms in total. The molecule has 0 bridgehead atoms. The van der Waals surface area contributed by atoms with Gasteiger partial charge >= 0.3 is 0 Å². The van der Waals surface area contributed by atoms with Gasteiger partial charge in [0.25, 0.3) is 0 Å². The molecular formula is C17H16N2O2. The molecule has 2 aromatic carbocycles. The number of benzene rings is 2. The number of piperidine rings is 1. The third-order valence-corrected chi connectivity index (χ3v) is 3.55. The minimum atomic E-state index is -0.353. The summed E-state index contributed by atoms with van der Waals surface area (Å²) in [5.74, 6) is -0.451. The fourth-order valence-electron chi connectivity index (χ4n) is 2.45. The van der Waals surface area contributed by atoms with Gasteiger partial charge in [-0.2, -0.15) is 0 Å². The number of carbonyl (C=O) groups excluding carboxylic acids is 2. The van der Waals surface area contributed by atoms with Gasteiger partial charge in [-0.15, -0.1) is 0 Å². The fourth-order valence-corrected chi connectivity index (χ4v) is 2.45. The van der Waals surface area contributed by atoms with Gasteiger partial charge in [-0.1, -0.05) is 42.5 Å². The maximum atomic E-state index is 11.8. The summed E-state index contributed by atoms with van der Waals surface area (Å²) in [7, 11) is 0. The SMILES string of the molecule is O=C1CCC(Nc2cccc(-c3ccccc3)c2)C(=O)N1. The molecule has 21 heavy (non-hydrogen) atoms. The Kier molecular flexibility index (Phi) is 3.69. The highest BCUT2D eigenvalue weighted by atomic mass is 16.2. The van der Waals surface area contributed by atoms with Crippen molar-refractivity contribution in [1.82, 2.24) is 5.32 Å². The van der Waals surface area contributed by atoms with Crippen LogP contribution in [0, 0.1) is 0 Å². The fraction of sp³-hybridized carbons (Fsp3) is 0.176. The second-order valence-electron chi connectivity index (χ2n) is 5.09. The molecule has 1 fully saturated rings. The van der Waals surface area contributed by atoms with E-state index in [0.29, 0.717) is 12.8 Å². The van der Waals surface area contributed by atoms with Crippen molar-refractivity contribution in [2.24, 2.45) is 0 Å². The van der Waals surface area contributed by atoms with E-state index in [0.717, 1.165) is 16.8 Å². The van der Waals surface area contributed by atoms with E-state index in [-0.39, 0.29) is 17.9 Å². The van der Waals surface area contributed by atoms with Crippen molar-refractivity contribution in [2.75, 3.05) is 5.32 Å². The molecule has 2 aromatic rings. The van der Waals surface area contributed by atoms with Crippen molar-refractivity contribution in [1.29, 1.82) is 0 Å². The van der Waals surface area contributed by atoms with Crippen molar-refractivity contribution in [2.45, 2.75) is 18.9 Å². The highest BCUT2D eigenvalue weighted by Crippen LogP contribution is 2.23. The van der Waals surface area contributed by atoms with Gasteiger partial charge in [0.15, 0.2) is 0 Å². The molecule has 1 saturated heterocycles. The number of carbonyl (C=O) groups is 2. The maximum absolute atomic E-state index is 11.8. The van der Waals surface area contributed by atoms with Gasteiger partial charge in [-0.25, -0.2) is 0 Å². The van der Waals surface area contributed by atoms with E-state index in [4.69, 9.17) is 0 Å². The molecule has 0 spiro atoms. The first-order valence-electron chi connectivity index (χ1n) is 6.98. The molecule has 2 N–H and O–H groups in total. The Bertz CT molecular complexity index is 668. The topological polar surface area (TPSA) is 58.2 Å². The average Bonchev–Trinajstić information content (AvgIpc) is 2.51. The van der Waals surface area contributed by atoms with E-state index in [1.165, 1.54) is 0 Å². The molecule has 0 aromatic heterocycles. The Morgan fingerprint density at radius 3 is 2.48 bits per heavy atom. The summed E-state index contributed by atoms with van der Waals surface area (Å²) in [6.45, 7) is 0. The molecule has 4 heteroatoms. The zero-order valence-corrected chi connectivity index (χ0v) is 11.5. The van der Waals surface area contributed by atoms with Crippen LogP contribution in [0.4, 0.5) is 5.69 Å². The van der Waals surface area contributed by atoms with E-state index in [1.807, 2.05) is 54.6 Å². The molecule has 106 valence electrons. The molecule has 1 heterocycles. The zero-order chi connectivity index (χ0) is 14.7. The predicted molar refractivity (Wildman–Crippen MR) is 81.7 cm³/mol. The van der Waals surface area contributed by atoms with E-state index < -0.39 is 0 Å². The minimum Gasteiger partial charge on any atom is -0.374 e. The van der Waals surface area contributed by atoms with E-state index in [2.05, 4.69) is 10.6 Å². The van der Waals surface area contributed by atoms with Gasteiger partial charge in [0.2, 0.25) is 11.8 Å². The third-order valence-electron chi connectivity index (χ3n) is 3.55. The van der Waals surface area contributed by atoms with Gasteiger partial charge < -0.3 is 5.32 Å². The van der Waals surface area contributed by atoms with Crippen LogP contribution in [0.25, 0.3) is 11.1 Å². The summed E-state index contributed by atoms with van der Waals surface area (Å²) in [5, 5.41) is 5.55. The first kappa shape index (κ1) is 13.4. The molecule has 1 aliphatic heterocycles. The average molecular weight is 280 g/mol. The molecule has 2 amide bonds. The third kappa shape index (κ3) is 3.11. The molecule has 0 saturated carbocycles. The van der Waals surface area contributed by atoms with Crippen molar-refractivity contribution in [3.8, 4) is 11.1 Å². The maximum Gasteiger partial charge on any atom is 0.249 e. The highest BCUT2D eigenvalue weighted by molar-refractivity contribution is 6.01. The van der Waals surface area contributed by atoms with Crippen LogP contribution in [0.5, 0.6) is 0 Å². The summed E-state index contributed by atoms with van der Waals surface area (Å²) in [6.07, 6.45) is 0.905. The molecule has 1 atom stereocenters. The summed E-state index contributed by atoms with van der Waals surface area (Å²) >= 11 is 0. The zero-order valence-electron chi connectivity index (χ0n) is 11.5. The van der Waals surface area contributed by atoms with Crippen LogP contribution >= 0.6 is 0 Å². The van der Waals surface area contributed by atoms with Gasteiger partial charge in [-0.3, -0.25) is 14.9 Å². The molecule has 3 rings (SSSR count). The predicted octanol–water partition coefficient (Wildman–Crippen LogP) is 2.57. The number of hydrogen-bond acceptors (Lipinski definition) is 3. The quantitative estimate of drug-likeness (QED) is 0.850. The number of hydrogen-bond donors (Lipinski definition) is 2. The first-order chi connectivity index (χ1) is 10.2. The van der Waals surface area contributed by atoms with E-state index >= 15 is 0 Å². The molecule has 0 aliphatic carbocycles. The van der Waals surface area contributed by atoms with Gasteiger partial charge in [0.1, 0.15) is 6.04 Å². The Morgan fingerprint density at radius 1 is 0.952 bits per heavy atom. The molecule has 0 radical (unpaired) electrons. The summed E-state index contributed by atoms with van der Waals surface area (Å²) in [4.78, 5) is 22.9. The molecule has 1 unspecified atom stereocenters. The van der Waals surface area contributed by atoms with Crippen LogP contribution in [0.3, 0.4) is 0 Å². The van der Waals surface area contributed by atoms with E-state index in [9.17, 15) is 9.59 Å². The van der Waals surface area contributed by atoms with Crippen molar-refractivity contribution < 1.29 is 9.59 Å². The lowest BCUT2D eigenvalue weighted by molar-refractivity contribution is -0.133. The first-order valence-corrected chi connectivity index (χ1v) is 6.98. The summed E-state index contributed by atoms with van der Waals surface area (Å²) in [5.41, 5.74) is 3.10. The Labute approximate surface area is 123 Å². The smallest absolute Gasteiger partial charge is 0.249 e. The van der Waals surface area contributed by atoms with Crippen molar-refractivity contribution in [3.05, 3.63) is 54.6 Å². The van der Waals surface area contributed by atoms with Crippen molar-refractivity contribution in [3.63, 3.8) is 0 Å². The summed E-state index contributed by atoms with van der Waals surface area (Å²) < 4.78 is 0. The highest BCUT2D eigenvalue weighted by Gasteiger charge is 2.26. The lowest BCUT2D eigenvalue weighted by atomic mass is 10.0. The van der Waals surface area contributed by atoms with Crippen LogP contribution < -0.4 is 10.6 Å². The van der Waals surface area contributed by atoms with Gasteiger partial charge in [-0.05, 0) is 29.7 Å². The molecule has 1 aliphatic rings. The second kappa shape index (κ2) is 5.79. The number of amides is 2. The Hall–Kier alpha value is -2.62. The minimum absolute atomic E-state index is 0.198. The molecular weight excluding hydrogens is 264 g/mol. The lowest BCUT2D eigenvalue weighted by Gasteiger charge is -2.23. The number of anilines is 1. The van der Waals surface area contributed by atoms with Gasteiger partial charge in [0.05, 0.1) is 0 Å². The van der Waals surface area contributed by atoms with Crippen LogP contribution in [-0.4, -0.2) is 17.9 Å². The standard InChI is InChI=1S/C17H16N2O2/c20-16-10-9-15(17(21)19-16)18-14-8-4-7-13(11-14)12-5-2-1-3-6-12/h1-8,11,15,18H,9-10H2,(H,19,20,21). The number of nitrogens with one attached hydrogen (secondary N) is 2. The lowest BCUT2D eigenvalue weighted by Crippen LogP contribution is -2.47. The normalized spacial score (nSPS) is 18.2. The Morgan fingerprint density at radius 2 is 1.71 bits per heavy atom. The van der Waals surface area contributed by atoms with Gasteiger partial charge in [0, 0.05) is 12.1 Å². The van der Waals surface area contributed by atoms with Crippen molar-refractivity contribution >= 4 is 17.5 Å².